The molecule has 1 saturated heterocycles. The first-order valence-electron chi connectivity index (χ1n) is 9.94. The third-order valence-electron chi connectivity index (χ3n) is 5.27. The van der Waals surface area contributed by atoms with Crippen molar-refractivity contribution >= 4 is 34.1 Å². The molecule has 8 heteroatoms. The number of likely N-dealkylation sites (tertiary alicyclic amines) is 1. The van der Waals surface area contributed by atoms with Gasteiger partial charge in [-0.25, -0.2) is 9.18 Å². The van der Waals surface area contributed by atoms with Gasteiger partial charge in [-0.15, -0.1) is 11.3 Å². The van der Waals surface area contributed by atoms with Gasteiger partial charge in [0.25, 0.3) is 5.91 Å². The number of amides is 2. The molecule has 30 heavy (non-hydrogen) atoms. The summed E-state index contributed by atoms with van der Waals surface area (Å²) in [4.78, 5) is 40.5. The normalized spacial score (nSPS) is 16.3. The molecule has 1 aromatic heterocycles. The summed E-state index contributed by atoms with van der Waals surface area (Å²) >= 11 is 1.34. The van der Waals surface area contributed by atoms with Gasteiger partial charge < -0.3 is 15.0 Å². The number of halogens is 1. The van der Waals surface area contributed by atoms with Crippen molar-refractivity contribution in [2.75, 3.05) is 25.0 Å². The predicted molar refractivity (Wildman–Crippen MR) is 113 cm³/mol. The number of rotatable bonds is 5. The molecule has 2 heterocycles. The van der Waals surface area contributed by atoms with Gasteiger partial charge >= 0.3 is 5.97 Å². The molecule has 1 aromatic carbocycles. The van der Waals surface area contributed by atoms with Gasteiger partial charge in [-0.1, -0.05) is 0 Å². The average Bonchev–Trinajstić information content (AvgIpc) is 3.01. The van der Waals surface area contributed by atoms with E-state index in [2.05, 4.69) is 5.32 Å². The third-order valence-corrected chi connectivity index (χ3v) is 6.39. The number of carbonyl (C=O) groups excluding carboxylic acids is 3. The lowest BCUT2D eigenvalue weighted by atomic mass is 9.96. The number of hydrogen-bond acceptors (Lipinski definition) is 5. The van der Waals surface area contributed by atoms with Gasteiger partial charge in [0, 0.05) is 23.5 Å². The topological polar surface area (TPSA) is 75.7 Å². The van der Waals surface area contributed by atoms with Crippen LogP contribution >= 0.6 is 11.3 Å². The van der Waals surface area contributed by atoms with Gasteiger partial charge in [0.1, 0.15) is 10.8 Å². The van der Waals surface area contributed by atoms with Crippen LogP contribution in [-0.4, -0.2) is 42.4 Å². The first kappa shape index (κ1) is 22.0. The predicted octanol–water partition coefficient (Wildman–Crippen LogP) is 4.17. The van der Waals surface area contributed by atoms with Crippen molar-refractivity contribution in [3.63, 3.8) is 0 Å². The fraction of sp³-hybridized carbons (Fsp3) is 0.409. The highest BCUT2D eigenvalue weighted by atomic mass is 32.1. The first-order chi connectivity index (χ1) is 14.3. The number of aryl methyl sites for hydroxylation is 1. The molecule has 2 aromatic rings. The van der Waals surface area contributed by atoms with Crippen molar-refractivity contribution in [1.29, 1.82) is 0 Å². The van der Waals surface area contributed by atoms with Crippen LogP contribution in [0, 0.1) is 25.6 Å². The van der Waals surface area contributed by atoms with E-state index >= 15 is 0 Å². The lowest BCUT2D eigenvalue weighted by Gasteiger charge is -2.32. The van der Waals surface area contributed by atoms with Crippen LogP contribution in [0.1, 0.15) is 50.9 Å². The second-order valence-electron chi connectivity index (χ2n) is 7.29. The summed E-state index contributed by atoms with van der Waals surface area (Å²) in [6.07, 6.45) is 1.34. The minimum Gasteiger partial charge on any atom is -0.462 e. The lowest BCUT2D eigenvalue weighted by Crippen LogP contribution is -2.43. The molecule has 1 unspecified atom stereocenters. The van der Waals surface area contributed by atoms with Crippen LogP contribution in [0.4, 0.5) is 9.39 Å². The maximum Gasteiger partial charge on any atom is 0.341 e. The number of nitrogens with one attached hydrogen (secondary N) is 1. The van der Waals surface area contributed by atoms with E-state index in [0.29, 0.717) is 35.5 Å². The summed E-state index contributed by atoms with van der Waals surface area (Å²) in [5.41, 5.74) is 1.58. The van der Waals surface area contributed by atoms with Crippen molar-refractivity contribution in [3.8, 4) is 0 Å². The zero-order valence-corrected chi connectivity index (χ0v) is 18.1. The van der Waals surface area contributed by atoms with E-state index in [9.17, 15) is 18.8 Å². The molecular weight excluding hydrogens is 407 g/mol. The molecule has 1 N–H and O–H groups in total. The van der Waals surface area contributed by atoms with Crippen LogP contribution in [0.15, 0.2) is 24.3 Å². The van der Waals surface area contributed by atoms with Gasteiger partial charge in [0.15, 0.2) is 0 Å². The molecule has 0 bridgehead atoms. The van der Waals surface area contributed by atoms with Crippen LogP contribution in [0.5, 0.6) is 0 Å². The number of anilines is 1. The van der Waals surface area contributed by atoms with Crippen LogP contribution in [-0.2, 0) is 9.53 Å². The first-order valence-corrected chi connectivity index (χ1v) is 10.8. The highest BCUT2D eigenvalue weighted by molar-refractivity contribution is 7.16. The maximum absolute atomic E-state index is 13.1. The number of esters is 1. The largest absolute Gasteiger partial charge is 0.462 e. The Balaban J connectivity index is 1.72. The van der Waals surface area contributed by atoms with Crippen LogP contribution in [0.2, 0.25) is 0 Å². The highest BCUT2D eigenvalue weighted by Crippen LogP contribution is 2.34. The molecule has 3 rings (SSSR count). The number of thiophene rings is 1. The van der Waals surface area contributed by atoms with E-state index in [1.807, 2.05) is 13.8 Å². The Morgan fingerprint density at radius 2 is 1.93 bits per heavy atom. The van der Waals surface area contributed by atoms with E-state index in [0.717, 1.165) is 10.4 Å². The molecule has 2 amide bonds. The average molecular weight is 433 g/mol. The van der Waals surface area contributed by atoms with E-state index in [-0.39, 0.29) is 30.9 Å². The standard InChI is InChI=1S/C22H25FN2O4S/c1-4-29-22(28)18-13(2)14(3)30-20(18)24-19(26)16-6-5-11-25(12-16)21(27)15-7-9-17(23)10-8-15/h7-10,16H,4-6,11-12H2,1-3H3,(H,24,26). The van der Waals surface area contributed by atoms with Crippen molar-refractivity contribution in [2.45, 2.75) is 33.6 Å². The minimum absolute atomic E-state index is 0.220. The Kier molecular flexibility index (Phi) is 6.87. The second kappa shape index (κ2) is 9.38. The molecular formula is C22H25FN2O4S. The van der Waals surface area contributed by atoms with Gasteiger partial charge in [-0.2, -0.15) is 0 Å². The van der Waals surface area contributed by atoms with E-state index in [1.165, 1.54) is 35.6 Å². The van der Waals surface area contributed by atoms with Crippen molar-refractivity contribution in [1.82, 2.24) is 4.90 Å². The van der Waals surface area contributed by atoms with Gasteiger partial charge in [0.05, 0.1) is 18.1 Å². The van der Waals surface area contributed by atoms with E-state index in [4.69, 9.17) is 4.74 Å². The fourth-order valence-corrected chi connectivity index (χ4v) is 4.58. The third kappa shape index (κ3) is 4.70. The Morgan fingerprint density at radius 3 is 2.60 bits per heavy atom. The summed E-state index contributed by atoms with van der Waals surface area (Å²) in [6.45, 7) is 6.54. The monoisotopic (exact) mass is 432 g/mol. The maximum atomic E-state index is 13.1. The van der Waals surface area contributed by atoms with E-state index in [1.54, 1.807) is 11.8 Å². The van der Waals surface area contributed by atoms with Crippen LogP contribution < -0.4 is 5.32 Å². The molecule has 160 valence electrons. The van der Waals surface area contributed by atoms with Gasteiger partial charge in [-0.05, 0) is 63.4 Å². The summed E-state index contributed by atoms with van der Waals surface area (Å²) in [5, 5.41) is 3.36. The number of carbonyl (C=O) groups is 3. The van der Waals surface area contributed by atoms with Crippen LogP contribution in [0.25, 0.3) is 0 Å². The Hall–Kier alpha value is -2.74. The Bertz CT molecular complexity index is 955. The fourth-order valence-electron chi connectivity index (χ4n) is 3.53. The summed E-state index contributed by atoms with van der Waals surface area (Å²) in [5.74, 6) is -1.69. The second-order valence-corrected chi connectivity index (χ2v) is 8.52. The zero-order valence-electron chi connectivity index (χ0n) is 17.3. The molecule has 0 aliphatic carbocycles. The molecule has 1 fully saturated rings. The molecule has 1 aliphatic rings. The number of nitrogens with zero attached hydrogens (tertiary/aromatic N) is 1. The number of ether oxygens (including phenoxy) is 1. The summed E-state index contributed by atoms with van der Waals surface area (Å²) in [6, 6.07) is 5.40. The molecule has 0 radical (unpaired) electrons. The minimum atomic E-state index is -0.452. The number of benzene rings is 1. The SMILES string of the molecule is CCOC(=O)c1c(NC(=O)C2CCCN(C(=O)c3ccc(F)cc3)C2)sc(C)c1C. The highest BCUT2D eigenvalue weighted by Gasteiger charge is 2.30. The van der Waals surface area contributed by atoms with Crippen molar-refractivity contribution in [3.05, 3.63) is 51.7 Å². The number of hydrogen-bond donors (Lipinski definition) is 1. The molecule has 1 atom stereocenters. The summed E-state index contributed by atoms with van der Waals surface area (Å²) < 4.78 is 18.3. The lowest BCUT2D eigenvalue weighted by molar-refractivity contribution is -0.121. The summed E-state index contributed by atoms with van der Waals surface area (Å²) in [7, 11) is 0. The Labute approximate surface area is 179 Å². The van der Waals surface area contributed by atoms with Gasteiger partial charge in [-0.3, -0.25) is 9.59 Å². The zero-order chi connectivity index (χ0) is 21.8. The molecule has 0 saturated carbocycles. The Morgan fingerprint density at radius 1 is 1.23 bits per heavy atom. The molecule has 0 spiro atoms. The van der Waals surface area contributed by atoms with Gasteiger partial charge in [0.2, 0.25) is 5.91 Å². The molecule has 1 aliphatic heterocycles. The van der Waals surface area contributed by atoms with Crippen LogP contribution in [0.3, 0.4) is 0 Å². The molecule has 6 nitrogen and oxygen atoms in total. The van der Waals surface area contributed by atoms with E-state index < -0.39 is 11.8 Å². The smallest absolute Gasteiger partial charge is 0.341 e. The quantitative estimate of drug-likeness (QED) is 0.720. The number of piperidine rings is 1. The van der Waals surface area contributed by atoms with Crippen molar-refractivity contribution in [2.24, 2.45) is 5.92 Å². The van der Waals surface area contributed by atoms with Crippen molar-refractivity contribution < 1.29 is 23.5 Å².